The van der Waals surface area contributed by atoms with Crippen LogP contribution in [-0.4, -0.2) is 28.7 Å². The van der Waals surface area contributed by atoms with Gasteiger partial charge < -0.3 is 10.4 Å². The van der Waals surface area contributed by atoms with Gasteiger partial charge >= 0.3 is 0 Å². The number of nitrogens with zero attached hydrogens (tertiary/aromatic N) is 1. The average Bonchev–Trinajstić information content (AvgIpc) is 2.40. The van der Waals surface area contributed by atoms with E-state index in [9.17, 15) is 9.59 Å². The van der Waals surface area contributed by atoms with Crippen molar-refractivity contribution in [3.63, 3.8) is 0 Å². The number of aliphatic hydroxyl groups excluding tert-OH is 1. The summed E-state index contributed by atoms with van der Waals surface area (Å²) < 4.78 is 0. The van der Waals surface area contributed by atoms with Gasteiger partial charge in [-0.05, 0) is 24.6 Å². The molecule has 1 atom stereocenters. The molecular weight excluding hydrogens is 246 g/mol. The summed E-state index contributed by atoms with van der Waals surface area (Å²) in [5.74, 6) is -0.528. The first-order chi connectivity index (χ1) is 9.06. The van der Waals surface area contributed by atoms with Crippen LogP contribution in [0.1, 0.15) is 25.3 Å². The minimum Gasteiger partial charge on any atom is -0.384 e. The molecule has 100 valence electrons. The number of rotatable bonds is 3. The molecule has 0 saturated carbocycles. The number of carbonyl (C=O) groups excluding carboxylic acids is 2. The van der Waals surface area contributed by atoms with E-state index in [1.54, 1.807) is 12.1 Å². The van der Waals surface area contributed by atoms with Gasteiger partial charge in [-0.2, -0.15) is 5.10 Å². The molecule has 1 aromatic rings. The highest BCUT2D eigenvalue weighted by atomic mass is 16.3. The van der Waals surface area contributed by atoms with Crippen LogP contribution >= 0.6 is 0 Å². The smallest absolute Gasteiger partial charge is 0.252 e. The molecule has 1 aliphatic heterocycles. The number of hydrogen-bond donors (Lipinski definition) is 3. The predicted octanol–water partition coefficient (Wildman–Crippen LogP) is 0.620. The van der Waals surface area contributed by atoms with Gasteiger partial charge in [0.05, 0.1) is 5.71 Å². The second kappa shape index (κ2) is 5.62. The third kappa shape index (κ3) is 3.38. The molecule has 6 heteroatoms. The Labute approximate surface area is 110 Å². The number of carbonyl (C=O) groups is 2. The van der Waals surface area contributed by atoms with Crippen LogP contribution in [0.25, 0.3) is 0 Å². The predicted molar refractivity (Wildman–Crippen MR) is 70.7 cm³/mol. The molecule has 1 aromatic carbocycles. The molecule has 0 bridgehead atoms. The van der Waals surface area contributed by atoms with E-state index in [2.05, 4.69) is 15.8 Å². The standard InChI is InChI=1S/C13H15N3O3/c1-8(17)13(19)14-10-4-2-9(3-5-10)11-6-7-12(18)16-15-11/h2-5,8,17H,6-7H2,1H3,(H,14,19)(H,16,18). The largest absolute Gasteiger partial charge is 0.384 e. The van der Waals surface area contributed by atoms with Gasteiger partial charge in [0.15, 0.2) is 0 Å². The van der Waals surface area contributed by atoms with Gasteiger partial charge in [-0.3, -0.25) is 9.59 Å². The maximum absolute atomic E-state index is 11.3. The molecule has 1 aliphatic rings. The van der Waals surface area contributed by atoms with Crippen molar-refractivity contribution in [1.82, 2.24) is 5.43 Å². The zero-order valence-corrected chi connectivity index (χ0v) is 10.5. The fraction of sp³-hybridized carbons (Fsp3) is 0.308. The number of nitrogens with one attached hydrogen (secondary N) is 2. The Balaban J connectivity index is 2.06. The summed E-state index contributed by atoms with van der Waals surface area (Å²) in [6, 6.07) is 7.09. The van der Waals surface area contributed by atoms with E-state index >= 15 is 0 Å². The van der Waals surface area contributed by atoms with Gasteiger partial charge in [-0.15, -0.1) is 0 Å². The SMILES string of the molecule is CC(O)C(=O)Nc1ccc(C2=NNC(=O)CC2)cc1. The Morgan fingerprint density at radius 1 is 1.37 bits per heavy atom. The summed E-state index contributed by atoms with van der Waals surface area (Å²) in [4.78, 5) is 22.3. The molecular formula is C13H15N3O3. The minimum atomic E-state index is -1.04. The summed E-state index contributed by atoms with van der Waals surface area (Å²) in [5.41, 5.74) is 4.76. The van der Waals surface area contributed by atoms with Crippen LogP contribution in [-0.2, 0) is 9.59 Å². The Morgan fingerprint density at radius 2 is 2.05 bits per heavy atom. The monoisotopic (exact) mass is 261 g/mol. The van der Waals surface area contributed by atoms with Crippen LogP contribution < -0.4 is 10.7 Å². The van der Waals surface area contributed by atoms with Crippen LogP contribution in [0.15, 0.2) is 29.4 Å². The van der Waals surface area contributed by atoms with Crippen molar-refractivity contribution in [2.24, 2.45) is 5.10 Å². The highest BCUT2D eigenvalue weighted by Crippen LogP contribution is 2.14. The van der Waals surface area contributed by atoms with Crippen LogP contribution in [0, 0.1) is 0 Å². The molecule has 6 nitrogen and oxygen atoms in total. The van der Waals surface area contributed by atoms with E-state index in [0.29, 0.717) is 18.5 Å². The lowest BCUT2D eigenvalue weighted by Crippen LogP contribution is -2.26. The van der Waals surface area contributed by atoms with Gasteiger partial charge in [-0.25, -0.2) is 5.43 Å². The number of anilines is 1. The summed E-state index contributed by atoms with van der Waals surface area (Å²) >= 11 is 0. The average molecular weight is 261 g/mol. The summed E-state index contributed by atoms with van der Waals surface area (Å²) in [6.45, 7) is 1.41. The van der Waals surface area contributed by atoms with Crippen LogP contribution in [0.2, 0.25) is 0 Å². The summed E-state index contributed by atoms with van der Waals surface area (Å²) in [5, 5.41) is 15.7. The molecule has 0 saturated heterocycles. The Hall–Kier alpha value is -2.21. The Kier molecular flexibility index (Phi) is 3.91. The maximum Gasteiger partial charge on any atom is 0.252 e. The fourth-order valence-electron chi connectivity index (χ4n) is 1.68. The normalized spacial score (nSPS) is 16.3. The molecule has 0 fully saturated rings. The van der Waals surface area contributed by atoms with E-state index in [-0.39, 0.29) is 5.91 Å². The van der Waals surface area contributed by atoms with Crippen LogP contribution in [0.3, 0.4) is 0 Å². The molecule has 2 rings (SSSR count). The molecule has 19 heavy (non-hydrogen) atoms. The second-order valence-electron chi connectivity index (χ2n) is 4.34. The minimum absolute atomic E-state index is 0.0791. The second-order valence-corrected chi connectivity index (χ2v) is 4.34. The van der Waals surface area contributed by atoms with E-state index in [4.69, 9.17) is 5.11 Å². The zero-order valence-electron chi connectivity index (χ0n) is 10.5. The van der Waals surface area contributed by atoms with Crippen molar-refractivity contribution in [3.05, 3.63) is 29.8 Å². The van der Waals surface area contributed by atoms with Crippen LogP contribution in [0.4, 0.5) is 5.69 Å². The molecule has 3 N–H and O–H groups in total. The fourth-order valence-corrected chi connectivity index (χ4v) is 1.68. The Morgan fingerprint density at radius 3 is 2.58 bits per heavy atom. The van der Waals surface area contributed by atoms with Gasteiger partial charge in [0.2, 0.25) is 5.91 Å². The lowest BCUT2D eigenvalue weighted by Gasteiger charge is -2.13. The van der Waals surface area contributed by atoms with Crippen molar-refractivity contribution < 1.29 is 14.7 Å². The first kappa shape index (κ1) is 13.2. The van der Waals surface area contributed by atoms with Gasteiger partial charge in [0.1, 0.15) is 6.10 Å². The number of aliphatic hydroxyl groups is 1. The molecule has 1 unspecified atom stereocenters. The zero-order chi connectivity index (χ0) is 13.8. The summed E-state index contributed by atoms with van der Waals surface area (Å²) in [6.07, 6.45) is -0.0116. The first-order valence-electron chi connectivity index (χ1n) is 6.01. The van der Waals surface area contributed by atoms with Gasteiger partial charge in [0.25, 0.3) is 5.91 Å². The van der Waals surface area contributed by atoms with E-state index in [1.165, 1.54) is 6.92 Å². The van der Waals surface area contributed by atoms with E-state index in [0.717, 1.165) is 11.3 Å². The molecule has 0 aromatic heterocycles. The van der Waals surface area contributed by atoms with Crippen molar-refractivity contribution in [3.8, 4) is 0 Å². The van der Waals surface area contributed by atoms with Gasteiger partial charge in [0, 0.05) is 18.5 Å². The van der Waals surface area contributed by atoms with Crippen molar-refractivity contribution >= 4 is 23.2 Å². The number of hydrogen-bond acceptors (Lipinski definition) is 4. The quantitative estimate of drug-likeness (QED) is 0.745. The number of benzene rings is 1. The first-order valence-corrected chi connectivity index (χ1v) is 6.01. The molecule has 1 heterocycles. The number of amides is 2. The third-order valence-electron chi connectivity index (χ3n) is 2.77. The van der Waals surface area contributed by atoms with Gasteiger partial charge in [-0.1, -0.05) is 12.1 Å². The molecule has 0 spiro atoms. The highest BCUT2D eigenvalue weighted by Gasteiger charge is 2.13. The van der Waals surface area contributed by atoms with Crippen LogP contribution in [0.5, 0.6) is 0 Å². The number of hydrazone groups is 1. The third-order valence-corrected chi connectivity index (χ3v) is 2.77. The molecule has 0 radical (unpaired) electrons. The lowest BCUT2D eigenvalue weighted by molar-refractivity contribution is -0.123. The van der Waals surface area contributed by atoms with Crippen molar-refractivity contribution in [2.75, 3.05) is 5.32 Å². The molecule has 0 aliphatic carbocycles. The summed E-state index contributed by atoms with van der Waals surface area (Å²) in [7, 11) is 0. The topological polar surface area (TPSA) is 90.8 Å². The molecule has 2 amide bonds. The Bertz CT molecular complexity index is 520. The maximum atomic E-state index is 11.3. The van der Waals surface area contributed by atoms with E-state index in [1.807, 2.05) is 12.1 Å². The van der Waals surface area contributed by atoms with E-state index < -0.39 is 12.0 Å². The van der Waals surface area contributed by atoms with Crippen molar-refractivity contribution in [1.29, 1.82) is 0 Å². The highest BCUT2D eigenvalue weighted by molar-refractivity contribution is 6.04. The van der Waals surface area contributed by atoms with Crippen molar-refractivity contribution in [2.45, 2.75) is 25.9 Å². The lowest BCUT2D eigenvalue weighted by atomic mass is 10.0.